The van der Waals surface area contributed by atoms with Crippen molar-refractivity contribution in [1.82, 2.24) is 20.5 Å². The molecule has 0 bridgehead atoms. The molecule has 0 unspecified atom stereocenters. The number of carbonyl (C=O) groups is 1. The lowest BCUT2D eigenvalue weighted by Gasteiger charge is -2.01. The van der Waals surface area contributed by atoms with Crippen LogP contribution in [0.4, 0.5) is 5.82 Å². The summed E-state index contributed by atoms with van der Waals surface area (Å²) in [6.45, 7) is 1.99. The lowest BCUT2D eigenvalue weighted by molar-refractivity contribution is 0.0922. The molecule has 7 nitrogen and oxygen atoms in total. The van der Waals surface area contributed by atoms with Crippen LogP contribution in [0.1, 0.15) is 21.8 Å². The predicted octanol–water partition coefficient (Wildman–Crippen LogP) is 0.218. The van der Waals surface area contributed by atoms with Crippen LogP contribution in [0.3, 0.4) is 0 Å². The SMILES string of the molecule is Cc1ncoc1C(=O)NCc1cn[nH]c1N. The van der Waals surface area contributed by atoms with Crippen molar-refractivity contribution in [2.75, 3.05) is 5.73 Å². The molecular weight excluding hydrogens is 210 g/mol. The summed E-state index contributed by atoms with van der Waals surface area (Å²) in [5, 5.41) is 8.98. The van der Waals surface area contributed by atoms with Crippen LogP contribution in [-0.2, 0) is 6.54 Å². The summed E-state index contributed by atoms with van der Waals surface area (Å²) < 4.78 is 4.95. The zero-order valence-corrected chi connectivity index (χ0v) is 8.65. The number of nitrogen functional groups attached to an aromatic ring is 1. The molecule has 16 heavy (non-hydrogen) atoms. The number of carbonyl (C=O) groups excluding carboxylic acids is 1. The molecule has 0 aromatic carbocycles. The number of H-pyrrole nitrogens is 1. The van der Waals surface area contributed by atoms with Gasteiger partial charge in [-0.3, -0.25) is 9.89 Å². The van der Waals surface area contributed by atoms with Crippen molar-refractivity contribution in [3.8, 4) is 0 Å². The molecule has 4 N–H and O–H groups in total. The monoisotopic (exact) mass is 221 g/mol. The van der Waals surface area contributed by atoms with E-state index in [1.54, 1.807) is 13.1 Å². The lowest BCUT2D eigenvalue weighted by Crippen LogP contribution is -2.23. The van der Waals surface area contributed by atoms with Crippen molar-refractivity contribution in [3.05, 3.63) is 29.6 Å². The van der Waals surface area contributed by atoms with Gasteiger partial charge < -0.3 is 15.5 Å². The largest absolute Gasteiger partial charge is 0.438 e. The van der Waals surface area contributed by atoms with Crippen molar-refractivity contribution < 1.29 is 9.21 Å². The van der Waals surface area contributed by atoms with Crippen molar-refractivity contribution in [1.29, 1.82) is 0 Å². The molecule has 2 aromatic rings. The number of aryl methyl sites for hydroxylation is 1. The standard InChI is InChI=1S/C9H11N5O2/c1-5-7(16-4-12-5)9(15)11-2-6-3-13-14-8(6)10/h3-4H,2H2,1H3,(H,11,15)(H3,10,13,14). The van der Waals surface area contributed by atoms with Gasteiger partial charge in [0.15, 0.2) is 6.39 Å². The molecule has 0 radical (unpaired) electrons. The Balaban J connectivity index is 1.99. The van der Waals surface area contributed by atoms with Crippen molar-refractivity contribution in [3.63, 3.8) is 0 Å². The third-order valence-corrected chi connectivity index (χ3v) is 2.14. The molecule has 0 aliphatic carbocycles. The molecule has 0 fully saturated rings. The zero-order valence-electron chi connectivity index (χ0n) is 8.65. The Bertz CT molecular complexity index is 501. The molecule has 0 spiro atoms. The molecule has 1 amide bonds. The van der Waals surface area contributed by atoms with E-state index in [1.807, 2.05) is 0 Å². The molecule has 0 saturated carbocycles. The maximum atomic E-state index is 11.6. The highest BCUT2D eigenvalue weighted by Gasteiger charge is 2.13. The molecule has 0 aliphatic heterocycles. The molecule has 2 aromatic heterocycles. The third-order valence-electron chi connectivity index (χ3n) is 2.14. The summed E-state index contributed by atoms with van der Waals surface area (Å²) in [5.41, 5.74) is 6.85. The summed E-state index contributed by atoms with van der Waals surface area (Å²) in [6.07, 6.45) is 2.79. The van der Waals surface area contributed by atoms with E-state index in [0.29, 0.717) is 18.1 Å². The van der Waals surface area contributed by atoms with E-state index in [2.05, 4.69) is 20.5 Å². The molecule has 0 saturated heterocycles. The molecule has 0 aliphatic rings. The fraction of sp³-hybridized carbons (Fsp3) is 0.222. The minimum Gasteiger partial charge on any atom is -0.438 e. The number of hydrogen-bond donors (Lipinski definition) is 3. The van der Waals surface area contributed by atoms with E-state index in [-0.39, 0.29) is 11.7 Å². The van der Waals surface area contributed by atoms with Gasteiger partial charge in [-0.1, -0.05) is 0 Å². The lowest BCUT2D eigenvalue weighted by atomic mass is 10.3. The average Bonchev–Trinajstić information content (AvgIpc) is 2.84. The first kappa shape index (κ1) is 10.2. The topological polar surface area (TPSA) is 110 Å². The number of hydrogen-bond acceptors (Lipinski definition) is 5. The smallest absolute Gasteiger partial charge is 0.289 e. The summed E-state index contributed by atoms with van der Waals surface area (Å²) in [7, 11) is 0. The first-order chi connectivity index (χ1) is 7.68. The fourth-order valence-electron chi connectivity index (χ4n) is 1.24. The number of rotatable bonds is 3. The van der Waals surface area contributed by atoms with E-state index < -0.39 is 0 Å². The zero-order chi connectivity index (χ0) is 11.5. The first-order valence-corrected chi connectivity index (χ1v) is 4.64. The van der Waals surface area contributed by atoms with Crippen molar-refractivity contribution in [2.24, 2.45) is 0 Å². The first-order valence-electron chi connectivity index (χ1n) is 4.64. The van der Waals surface area contributed by atoms with Gasteiger partial charge in [0.2, 0.25) is 5.76 Å². The molecule has 2 rings (SSSR count). The number of nitrogens with one attached hydrogen (secondary N) is 2. The van der Waals surface area contributed by atoms with Gasteiger partial charge >= 0.3 is 0 Å². The van der Waals surface area contributed by atoms with Gasteiger partial charge in [-0.25, -0.2) is 4.98 Å². The maximum absolute atomic E-state index is 11.6. The van der Waals surface area contributed by atoms with Crippen LogP contribution in [0.2, 0.25) is 0 Å². The average molecular weight is 221 g/mol. The van der Waals surface area contributed by atoms with Crippen molar-refractivity contribution >= 4 is 11.7 Å². The van der Waals surface area contributed by atoms with Gasteiger partial charge in [-0.15, -0.1) is 0 Å². The fourth-order valence-corrected chi connectivity index (χ4v) is 1.24. The van der Waals surface area contributed by atoms with Gasteiger partial charge in [0.1, 0.15) is 5.82 Å². The highest BCUT2D eigenvalue weighted by molar-refractivity contribution is 5.92. The summed E-state index contributed by atoms with van der Waals surface area (Å²) in [4.78, 5) is 15.4. The van der Waals surface area contributed by atoms with E-state index >= 15 is 0 Å². The Kier molecular flexibility index (Phi) is 2.59. The second kappa shape index (κ2) is 4.05. The number of nitrogens with two attached hydrogens (primary N) is 1. The quantitative estimate of drug-likeness (QED) is 0.686. The number of aromatic nitrogens is 3. The van der Waals surface area contributed by atoms with Crippen LogP contribution in [0.15, 0.2) is 17.0 Å². The Morgan fingerprint density at radius 1 is 1.69 bits per heavy atom. The van der Waals surface area contributed by atoms with Crippen molar-refractivity contribution in [2.45, 2.75) is 13.5 Å². The van der Waals surface area contributed by atoms with E-state index in [0.717, 1.165) is 5.56 Å². The minimum atomic E-state index is -0.324. The Morgan fingerprint density at radius 2 is 2.50 bits per heavy atom. The van der Waals surface area contributed by atoms with Gasteiger partial charge in [-0.05, 0) is 6.92 Å². The van der Waals surface area contributed by atoms with E-state index in [1.165, 1.54) is 6.39 Å². The van der Waals surface area contributed by atoms with Gasteiger partial charge in [0, 0.05) is 12.1 Å². The van der Waals surface area contributed by atoms with Crippen LogP contribution in [0.5, 0.6) is 0 Å². The van der Waals surface area contributed by atoms with Gasteiger partial charge in [-0.2, -0.15) is 5.10 Å². The second-order valence-electron chi connectivity index (χ2n) is 3.26. The highest BCUT2D eigenvalue weighted by Crippen LogP contribution is 2.07. The number of amides is 1. The summed E-state index contributed by atoms with van der Waals surface area (Å²) >= 11 is 0. The molecular formula is C9H11N5O2. The van der Waals surface area contributed by atoms with Gasteiger partial charge in [0.25, 0.3) is 5.91 Å². The highest BCUT2D eigenvalue weighted by atomic mass is 16.3. The predicted molar refractivity (Wildman–Crippen MR) is 55.4 cm³/mol. The number of anilines is 1. The molecule has 7 heteroatoms. The maximum Gasteiger partial charge on any atom is 0.289 e. The Labute approximate surface area is 91.0 Å². The van der Waals surface area contributed by atoms with Crippen LogP contribution in [0.25, 0.3) is 0 Å². The third kappa shape index (κ3) is 1.88. The van der Waals surface area contributed by atoms with E-state index in [4.69, 9.17) is 10.2 Å². The molecule has 0 atom stereocenters. The number of oxazole rings is 1. The van der Waals surface area contributed by atoms with E-state index in [9.17, 15) is 4.79 Å². The Hall–Kier alpha value is -2.31. The Morgan fingerprint density at radius 3 is 3.06 bits per heavy atom. The molecule has 84 valence electrons. The van der Waals surface area contributed by atoms with Crippen LogP contribution >= 0.6 is 0 Å². The van der Waals surface area contributed by atoms with Crippen LogP contribution in [0, 0.1) is 6.92 Å². The summed E-state index contributed by atoms with van der Waals surface area (Å²) in [5.74, 6) is 0.326. The molecule has 2 heterocycles. The minimum absolute atomic E-state index is 0.210. The normalized spacial score (nSPS) is 10.3. The van der Waals surface area contributed by atoms with Gasteiger partial charge in [0.05, 0.1) is 11.9 Å². The van der Waals surface area contributed by atoms with Crippen LogP contribution in [-0.4, -0.2) is 21.1 Å². The number of nitrogens with zero attached hydrogens (tertiary/aromatic N) is 2. The van der Waals surface area contributed by atoms with Crippen LogP contribution < -0.4 is 11.1 Å². The second-order valence-corrected chi connectivity index (χ2v) is 3.26. The summed E-state index contributed by atoms with van der Waals surface area (Å²) in [6, 6.07) is 0. The number of aromatic amines is 1.